The molecule has 1 amide bonds. The van der Waals surface area contributed by atoms with Gasteiger partial charge in [-0.2, -0.15) is 0 Å². The molecule has 1 N–H and O–H groups in total. The maximum absolute atomic E-state index is 13.4. The SMILES string of the molecule is O=C1NCCCCC1Sc1nnc(-c2ccc(F)cc2)n1-c1ccc(F)cc1. The van der Waals surface area contributed by atoms with Gasteiger partial charge in [0.2, 0.25) is 5.91 Å². The van der Waals surface area contributed by atoms with Gasteiger partial charge in [0.15, 0.2) is 11.0 Å². The number of carbonyl (C=O) groups is 1. The summed E-state index contributed by atoms with van der Waals surface area (Å²) < 4.78 is 28.5. The van der Waals surface area contributed by atoms with E-state index in [2.05, 4.69) is 15.5 Å². The van der Waals surface area contributed by atoms with Crippen molar-refractivity contribution >= 4 is 17.7 Å². The van der Waals surface area contributed by atoms with Crippen LogP contribution in [0.3, 0.4) is 0 Å². The van der Waals surface area contributed by atoms with Gasteiger partial charge in [-0.3, -0.25) is 9.36 Å². The second-order valence-electron chi connectivity index (χ2n) is 6.52. The lowest BCUT2D eigenvalue weighted by Crippen LogP contribution is -2.30. The van der Waals surface area contributed by atoms with Gasteiger partial charge in [-0.05, 0) is 61.4 Å². The molecule has 2 heterocycles. The zero-order valence-electron chi connectivity index (χ0n) is 14.9. The number of nitrogens with one attached hydrogen (secondary N) is 1. The van der Waals surface area contributed by atoms with Gasteiger partial charge in [-0.1, -0.05) is 18.2 Å². The second kappa shape index (κ2) is 8.10. The fourth-order valence-corrected chi connectivity index (χ4v) is 4.22. The van der Waals surface area contributed by atoms with Crippen LogP contribution in [0.15, 0.2) is 53.7 Å². The van der Waals surface area contributed by atoms with Crippen molar-refractivity contribution in [3.05, 3.63) is 60.2 Å². The number of halogens is 2. The first-order chi connectivity index (χ1) is 13.6. The first-order valence-electron chi connectivity index (χ1n) is 9.03. The van der Waals surface area contributed by atoms with E-state index in [0.29, 0.717) is 28.8 Å². The van der Waals surface area contributed by atoms with Gasteiger partial charge in [0.1, 0.15) is 11.6 Å². The number of amides is 1. The molecule has 0 saturated carbocycles. The summed E-state index contributed by atoms with van der Waals surface area (Å²) in [5.41, 5.74) is 1.35. The molecule has 1 aliphatic rings. The fraction of sp³-hybridized carbons (Fsp3) is 0.250. The molecule has 144 valence electrons. The number of aromatic nitrogens is 3. The second-order valence-corrected chi connectivity index (χ2v) is 7.69. The maximum atomic E-state index is 13.4. The van der Waals surface area contributed by atoms with Crippen LogP contribution in [0.25, 0.3) is 17.1 Å². The predicted octanol–water partition coefficient (Wildman–Crippen LogP) is 3.97. The van der Waals surface area contributed by atoms with E-state index >= 15 is 0 Å². The monoisotopic (exact) mass is 400 g/mol. The molecule has 1 atom stereocenters. The van der Waals surface area contributed by atoms with E-state index in [1.54, 1.807) is 28.8 Å². The van der Waals surface area contributed by atoms with Crippen molar-refractivity contribution in [3.8, 4) is 17.1 Å². The number of hydrogen-bond donors (Lipinski definition) is 1. The highest BCUT2D eigenvalue weighted by Crippen LogP contribution is 2.32. The van der Waals surface area contributed by atoms with E-state index < -0.39 is 0 Å². The van der Waals surface area contributed by atoms with Gasteiger partial charge in [0, 0.05) is 17.8 Å². The third-order valence-electron chi connectivity index (χ3n) is 4.55. The number of benzene rings is 2. The van der Waals surface area contributed by atoms with Crippen LogP contribution < -0.4 is 5.32 Å². The molecule has 1 saturated heterocycles. The molecule has 3 aromatic rings. The summed E-state index contributed by atoms with van der Waals surface area (Å²) in [6.07, 6.45) is 2.65. The molecule has 2 aromatic carbocycles. The number of thioether (sulfide) groups is 1. The molecular formula is C20H18F2N4OS. The highest BCUT2D eigenvalue weighted by molar-refractivity contribution is 8.00. The van der Waals surface area contributed by atoms with E-state index in [1.807, 2.05) is 0 Å². The average molecular weight is 400 g/mol. The Labute approximate surface area is 165 Å². The number of carbonyl (C=O) groups excluding carboxylic acids is 1. The van der Waals surface area contributed by atoms with E-state index in [0.717, 1.165) is 19.3 Å². The Hall–Kier alpha value is -2.74. The van der Waals surface area contributed by atoms with Crippen molar-refractivity contribution in [1.82, 2.24) is 20.1 Å². The fourth-order valence-electron chi connectivity index (χ4n) is 3.11. The molecule has 0 spiro atoms. The maximum Gasteiger partial charge on any atom is 0.233 e. The summed E-state index contributed by atoms with van der Waals surface area (Å²) in [4.78, 5) is 12.3. The molecule has 1 unspecified atom stereocenters. The Balaban J connectivity index is 1.76. The lowest BCUT2D eigenvalue weighted by molar-refractivity contribution is -0.120. The normalized spacial score (nSPS) is 17.2. The molecule has 0 aliphatic carbocycles. The first kappa shape index (κ1) is 18.6. The van der Waals surface area contributed by atoms with Crippen molar-refractivity contribution in [3.63, 3.8) is 0 Å². The summed E-state index contributed by atoms with van der Waals surface area (Å²) in [7, 11) is 0. The summed E-state index contributed by atoms with van der Waals surface area (Å²) in [6, 6.07) is 11.9. The quantitative estimate of drug-likeness (QED) is 0.720. The Morgan fingerprint density at radius 3 is 2.36 bits per heavy atom. The molecule has 1 aromatic heterocycles. The number of nitrogens with zero attached hydrogens (tertiary/aromatic N) is 3. The zero-order chi connectivity index (χ0) is 19.5. The molecule has 28 heavy (non-hydrogen) atoms. The summed E-state index contributed by atoms with van der Waals surface area (Å²) in [5, 5.41) is 11.7. The molecule has 8 heteroatoms. The third kappa shape index (κ3) is 3.91. The lowest BCUT2D eigenvalue weighted by atomic mass is 10.2. The Kier molecular flexibility index (Phi) is 5.38. The van der Waals surface area contributed by atoms with Gasteiger partial charge < -0.3 is 5.32 Å². The molecule has 5 nitrogen and oxygen atoms in total. The summed E-state index contributed by atoms with van der Waals surface area (Å²) in [5.74, 6) is -0.207. The highest BCUT2D eigenvalue weighted by Gasteiger charge is 2.26. The largest absolute Gasteiger partial charge is 0.355 e. The first-order valence-corrected chi connectivity index (χ1v) is 9.91. The van der Waals surface area contributed by atoms with Crippen LogP contribution in [0.1, 0.15) is 19.3 Å². The van der Waals surface area contributed by atoms with Crippen LogP contribution in [0.4, 0.5) is 8.78 Å². The molecule has 0 radical (unpaired) electrons. The van der Waals surface area contributed by atoms with Crippen LogP contribution in [0, 0.1) is 11.6 Å². The Morgan fingerprint density at radius 2 is 1.64 bits per heavy atom. The van der Waals surface area contributed by atoms with Crippen LogP contribution in [-0.4, -0.2) is 32.5 Å². The standard InChI is InChI=1S/C20H18F2N4OS/c21-14-6-4-13(5-7-14)18-24-25-20(26(18)16-10-8-15(22)9-11-16)28-17-3-1-2-12-23-19(17)27/h4-11,17H,1-3,12H2,(H,23,27). The summed E-state index contributed by atoms with van der Waals surface area (Å²) >= 11 is 1.34. The van der Waals surface area contributed by atoms with Crippen LogP contribution in [-0.2, 0) is 4.79 Å². The number of rotatable bonds is 4. The van der Waals surface area contributed by atoms with Gasteiger partial charge >= 0.3 is 0 Å². The average Bonchev–Trinajstić information content (AvgIpc) is 3.00. The van der Waals surface area contributed by atoms with Crippen molar-refractivity contribution in [1.29, 1.82) is 0 Å². The van der Waals surface area contributed by atoms with E-state index in [1.165, 1.54) is 36.0 Å². The number of hydrogen-bond acceptors (Lipinski definition) is 4. The minimum atomic E-state index is -0.350. The molecule has 1 fully saturated rings. The Bertz CT molecular complexity index is 973. The van der Waals surface area contributed by atoms with Gasteiger partial charge in [-0.25, -0.2) is 8.78 Å². The van der Waals surface area contributed by atoms with Gasteiger partial charge in [0.05, 0.1) is 5.25 Å². The van der Waals surface area contributed by atoms with Crippen molar-refractivity contribution in [2.75, 3.05) is 6.54 Å². The van der Waals surface area contributed by atoms with Crippen molar-refractivity contribution in [2.24, 2.45) is 0 Å². The third-order valence-corrected chi connectivity index (χ3v) is 5.76. The topological polar surface area (TPSA) is 59.8 Å². The Morgan fingerprint density at radius 1 is 0.964 bits per heavy atom. The minimum Gasteiger partial charge on any atom is -0.355 e. The van der Waals surface area contributed by atoms with Crippen LogP contribution >= 0.6 is 11.8 Å². The van der Waals surface area contributed by atoms with E-state index in [4.69, 9.17) is 0 Å². The molecule has 1 aliphatic heterocycles. The highest BCUT2D eigenvalue weighted by atomic mass is 32.2. The lowest BCUT2D eigenvalue weighted by Gasteiger charge is -2.14. The van der Waals surface area contributed by atoms with E-state index in [9.17, 15) is 13.6 Å². The van der Waals surface area contributed by atoms with Crippen molar-refractivity contribution in [2.45, 2.75) is 29.7 Å². The van der Waals surface area contributed by atoms with E-state index in [-0.39, 0.29) is 22.8 Å². The molecule has 4 rings (SSSR count). The van der Waals surface area contributed by atoms with Crippen molar-refractivity contribution < 1.29 is 13.6 Å². The van der Waals surface area contributed by atoms with Gasteiger partial charge in [-0.15, -0.1) is 10.2 Å². The van der Waals surface area contributed by atoms with Crippen LogP contribution in [0.2, 0.25) is 0 Å². The molecule has 0 bridgehead atoms. The van der Waals surface area contributed by atoms with Crippen LogP contribution in [0.5, 0.6) is 0 Å². The zero-order valence-corrected chi connectivity index (χ0v) is 15.8. The smallest absolute Gasteiger partial charge is 0.233 e. The summed E-state index contributed by atoms with van der Waals surface area (Å²) in [6.45, 7) is 0.682. The predicted molar refractivity (Wildman–Crippen MR) is 103 cm³/mol. The van der Waals surface area contributed by atoms with Gasteiger partial charge in [0.25, 0.3) is 0 Å². The molecular weight excluding hydrogens is 382 g/mol. The minimum absolute atomic E-state index is 0.0144.